The van der Waals surface area contributed by atoms with Gasteiger partial charge in [0.1, 0.15) is 0 Å². The largest absolute Gasteiger partial charge is 0.376 e. The third-order valence-electron chi connectivity index (χ3n) is 3.83. The van der Waals surface area contributed by atoms with Crippen molar-refractivity contribution < 1.29 is 0 Å². The van der Waals surface area contributed by atoms with E-state index in [0.717, 1.165) is 0 Å². The number of hydrogen-bond donors (Lipinski definition) is 1. The van der Waals surface area contributed by atoms with E-state index in [2.05, 4.69) is 81.6 Å². The summed E-state index contributed by atoms with van der Waals surface area (Å²) in [7, 11) is 0. The Bertz CT molecular complexity index is 693. The van der Waals surface area contributed by atoms with Gasteiger partial charge in [-0.1, -0.05) is 42.0 Å². The van der Waals surface area contributed by atoms with Crippen molar-refractivity contribution in [2.75, 3.05) is 5.32 Å². The van der Waals surface area contributed by atoms with Gasteiger partial charge >= 0.3 is 0 Å². The maximum absolute atomic E-state index is 3.58. The molecule has 0 saturated heterocycles. The first-order valence-corrected chi connectivity index (χ1v) is 7.14. The average molecular weight is 263 g/mol. The summed E-state index contributed by atoms with van der Waals surface area (Å²) in [4.78, 5) is 0. The van der Waals surface area contributed by atoms with E-state index in [1.807, 2.05) is 0 Å². The second-order valence-electron chi connectivity index (χ2n) is 6.30. The van der Waals surface area contributed by atoms with Gasteiger partial charge in [0, 0.05) is 11.3 Å². The van der Waals surface area contributed by atoms with Crippen LogP contribution in [0.1, 0.15) is 31.9 Å². The Morgan fingerprint density at radius 3 is 2.40 bits per heavy atom. The molecule has 1 N–H and O–H groups in total. The molecule has 0 atom stereocenters. The van der Waals surface area contributed by atoms with E-state index in [9.17, 15) is 0 Å². The average Bonchev–Trinajstić information content (AvgIpc) is 2.37. The molecule has 102 valence electrons. The summed E-state index contributed by atoms with van der Waals surface area (Å²) in [5, 5.41) is 3.58. The van der Waals surface area contributed by atoms with Crippen LogP contribution in [0.2, 0.25) is 0 Å². The molecular formula is C19H21N. The predicted molar refractivity (Wildman–Crippen MR) is 88.0 cm³/mol. The summed E-state index contributed by atoms with van der Waals surface area (Å²) >= 11 is 0. The molecule has 1 heterocycles. The second-order valence-corrected chi connectivity index (χ2v) is 6.30. The Labute approximate surface area is 121 Å². The molecule has 0 aromatic heterocycles. The van der Waals surface area contributed by atoms with Crippen molar-refractivity contribution in [1.82, 2.24) is 0 Å². The number of hydrogen-bond acceptors (Lipinski definition) is 1. The Morgan fingerprint density at radius 1 is 0.900 bits per heavy atom. The smallest absolute Gasteiger partial charge is 0.0505 e. The molecule has 20 heavy (non-hydrogen) atoms. The molecule has 0 spiro atoms. The summed E-state index contributed by atoms with van der Waals surface area (Å²) < 4.78 is 0. The summed E-state index contributed by atoms with van der Waals surface area (Å²) in [6.45, 7) is 8.74. The maximum Gasteiger partial charge on any atom is 0.0505 e. The normalized spacial score (nSPS) is 16.1. The first kappa shape index (κ1) is 13.0. The van der Waals surface area contributed by atoms with Crippen molar-refractivity contribution in [2.45, 2.75) is 33.2 Å². The zero-order valence-electron chi connectivity index (χ0n) is 12.6. The fraction of sp³-hybridized carbons (Fsp3) is 0.263. The SMILES string of the molecule is CC1=CC(C)(C)Nc2ccc(-c3cccc(C)c3)cc21. The Hall–Kier alpha value is -2.02. The van der Waals surface area contributed by atoms with Crippen LogP contribution in [0.4, 0.5) is 5.69 Å². The van der Waals surface area contributed by atoms with Gasteiger partial charge in [0.15, 0.2) is 0 Å². The summed E-state index contributed by atoms with van der Waals surface area (Å²) in [6, 6.07) is 15.4. The number of nitrogens with one attached hydrogen (secondary N) is 1. The van der Waals surface area contributed by atoms with Crippen LogP contribution >= 0.6 is 0 Å². The van der Waals surface area contributed by atoms with Crippen LogP contribution < -0.4 is 5.32 Å². The molecule has 0 unspecified atom stereocenters. The van der Waals surface area contributed by atoms with E-state index in [0.29, 0.717) is 0 Å². The molecule has 1 aliphatic rings. The third-order valence-corrected chi connectivity index (χ3v) is 3.83. The number of rotatable bonds is 1. The van der Waals surface area contributed by atoms with Crippen LogP contribution in [0.5, 0.6) is 0 Å². The Balaban J connectivity index is 2.09. The standard InChI is InChI=1S/C19H21N/c1-13-6-5-7-15(10-13)16-8-9-18-17(11-16)14(2)12-19(3,4)20-18/h5-12,20H,1-4H3. The van der Waals surface area contributed by atoms with Crippen molar-refractivity contribution in [1.29, 1.82) is 0 Å². The topological polar surface area (TPSA) is 12.0 Å². The number of benzene rings is 2. The molecule has 0 bridgehead atoms. The highest BCUT2D eigenvalue weighted by Gasteiger charge is 2.22. The van der Waals surface area contributed by atoms with E-state index in [4.69, 9.17) is 0 Å². The molecule has 3 rings (SSSR count). The Morgan fingerprint density at radius 2 is 1.65 bits per heavy atom. The fourth-order valence-corrected chi connectivity index (χ4v) is 2.99. The second kappa shape index (κ2) is 4.52. The Kier molecular flexibility index (Phi) is 2.93. The summed E-state index contributed by atoms with van der Waals surface area (Å²) in [6.07, 6.45) is 2.30. The van der Waals surface area contributed by atoms with Crippen LogP contribution in [0.25, 0.3) is 16.7 Å². The van der Waals surface area contributed by atoms with Gasteiger partial charge in [0.25, 0.3) is 0 Å². The molecule has 0 fully saturated rings. The van der Waals surface area contributed by atoms with Crippen molar-refractivity contribution in [3.05, 3.63) is 59.7 Å². The van der Waals surface area contributed by atoms with Gasteiger partial charge in [-0.15, -0.1) is 0 Å². The van der Waals surface area contributed by atoms with Crippen molar-refractivity contribution in [3.8, 4) is 11.1 Å². The lowest BCUT2D eigenvalue weighted by Gasteiger charge is -2.31. The van der Waals surface area contributed by atoms with Gasteiger partial charge in [-0.25, -0.2) is 0 Å². The van der Waals surface area contributed by atoms with Crippen LogP contribution in [-0.4, -0.2) is 5.54 Å². The number of fused-ring (bicyclic) bond motifs is 1. The van der Waals surface area contributed by atoms with Gasteiger partial charge in [-0.2, -0.15) is 0 Å². The predicted octanol–water partition coefficient (Wildman–Crippen LogP) is 5.27. The van der Waals surface area contributed by atoms with Crippen LogP contribution in [-0.2, 0) is 0 Å². The van der Waals surface area contributed by atoms with E-state index in [1.165, 1.54) is 33.5 Å². The molecular weight excluding hydrogens is 242 g/mol. The maximum atomic E-state index is 3.58. The van der Waals surface area contributed by atoms with E-state index in [-0.39, 0.29) is 5.54 Å². The third kappa shape index (κ3) is 2.36. The molecule has 0 saturated carbocycles. The first-order chi connectivity index (χ1) is 9.44. The quantitative estimate of drug-likeness (QED) is 0.739. The number of allylic oxidation sites excluding steroid dienone is 1. The molecule has 0 aliphatic carbocycles. The minimum Gasteiger partial charge on any atom is -0.376 e. The number of anilines is 1. The zero-order valence-corrected chi connectivity index (χ0v) is 12.6. The lowest BCUT2D eigenvalue weighted by molar-refractivity contribution is 0.707. The lowest BCUT2D eigenvalue weighted by Crippen LogP contribution is -2.31. The first-order valence-electron chi connectivity index (χ1n) is 7.14. The highest BCUT2D eigenvalue weighted by atomic mass is 15.0. The van der Waals surface area contributed by atoms with E-state index >= 15 is 0 Å². The minimum atomic E-state index is 0.0297. The van der Waals surface area contributed by atoms with Crippen LogP contribution in [0.3, 0.4) is 0 Å². The molecule has 0 amide bonds. The van der Waals surface area contributed by atoms with Crippen molar-refractivity contribution >= 4 is 11.3 Å². The molecule has 1 aliphatic heterocycles. The van der Waals surface area contributed by atoms with Crippen molar-refractivity contribution in [3.63, 3.8) is 0 Å². The minimum absolute atomic E-state index is 0.0297. The van der Waals surface area contributed by atoms with E-state index in [1.54, 1.807) is 0 Å². The highest BCUT2D eigenvalue weighted by molar-refractivity contribution is 5.83. The fourth-order valence-electron chi connectivity index (χ4n) is 2.99. The molecule has 2 aromatic carbocycles. The summed E-state index contributed by atoms with van der Waals surface area (Å²) in [5.41, 5.74) is 7.77. The van der Waals surface area contributed by atoms with E-state index < -0.39 is 0 Å². The molecule has 2 aromatic rings. The number of aryl methyl sites for hydroxylation is 1. The van der Waals surface area contributed by atoms with Gasteiger partial charge in [0.2, 0.25) is 0 Å². The van der Waals surface area contributed by atoms with Gasteiger partial charge in [-0.3, -0.25) is 0 Å². The van der Waals surface area contributed by atoms with Gasteiger partial charge < -0.3 is 5.32 Å². The van der Waals surface area contributed by atoms with Crippen molar-refractivity contribution in [2.24, 2.45) is 0 Å². The molecule has 1 nitrogen and oxygen atoms in total. The summed E-state index contributed by atoms with van der Waals surface area (Å²) in [5.74, 6) is 0. The monoisotopic (exact) mass is 263 g/mol. The van der Waals surface area contributed by atoms with Gasteiger partial charge in [-0.05, 0) is 56.5 Å². The van der Waals surface area contributed by atoms with Crippen LogP contribution in [0, 0.1) is 6.92 Å². The molecule has 1 heteroatoms. The molecule has 0 radical (unpaired) electrons. The highest BCUT2D eigenvalue weighted by Crippen LogP contribution is 2.36. The van der Waals surface area contributed by atoms with Crippen LogP contribution in [0.15, 0.2) is 48.5 Å². The lowest BCUT2D eigenvalue weighted by atomic mass is 9.89. The van der Waals surface area contributed by atoms with Gasteiger partial charge in [0.05, 0.1) is 5.54 Å². The zero-order chi connectivity index (χ0) is 14.3.